The summed E-state index contributed by atoms with van der Waals surface area (Å²) in [5.41, 5.74) is 0. The molecule has 0 aromatic carbocycles. The molecule has 0 fully saturated rings. The molecule has 0 aliphatic carbocycles. The summed E-state index contributed by atoms with van der Waals surface area (Å²) in [5.74, 6) is -0.802. The van der Waals surface area contributed by atoms with Crippen LogP contribution in [0.3, 0.4) is 0 Å². The van der Waals surface area contributed by atoms with Gasteiger partial charge in [0.05, 0.1) is 6.61 Å². The third kappa shape index (κ3) is 14.5. The summed E-state index contributed by atoms with van der Waals surface area (Å²) in [6.07, 6.45) is 15.2. The van der Waals surface area contributed by atoms with Gasteiger partial charge < -0.3 is 4.74 Å². The monoisotopic (exact) mass is 392 g/mol. The third-order valence-corrected chi connectivity index (χ3v) is 5.83. The zero-order valence-corrected chi connectivity index (χ0v) is 17.7. The van der Waals surface area contributed by atoms with E-state index in [1.54, 1.807) is 0 Å². The van der Waals surface area contributed by atoms with Crippen molar-refractivity contribution in [3.05, 3.63) is 0 Å². The molecule has 0 radical (unpaired) electrons. The van der Waals surface area contributed by atoms with E-state index in [-0.39, 0.29) is 13.0 Å². The largest absolute Gasteiger partial charge is 0.465 e. The average Bonchev–Trinajstić information content (AvgIpc) is 2.58. The maximum atomic E-state index is 12.0. The maximum absolute atomic E-state index is 12.0. The Hall–Kier alpha value is -0.620. The lowest BCUT2D eigenvalue weighted by Gasteiger charge is -2.13. The number of ether oxygens (including phenoxy) is 1. The lowest BCUT2D eigenvalue weighted by atomic mass is 10.1. The minimum atomic E-state index is -4.40. The van der Waals surface area contributed by atoms with Gasteiger partial charge in [-0.3, -0.25) is 9.35 Å². The maximum Gasteiger partial charge on any atom is 0.326 e. The fraction of sp³-hybridized carbons (Fsp3) is 0.950. The third-order valence-electron chi connectivity index (χ3n) is 4.68. The van der Waals surface area contributed by atoms with E-state index in [9.17, 15) is 17.8 Å². The van der Waals surface area contributed by atoms with Crippen molar-refractivity contribution >= 4 is 16.1 Å². The molecular formula is C20H40O5S. The fourth-order valence-electron chi connectivity index (χ4n) is 3.00. The summed E-state index contributed by atoms with van der Waals surface area (Å²) < 4.78 is 37.3. The Morgan fingerprint density at radius 3 is 1.65 bits per heavy atom. The van der Waals surface area contributed by atoms with Gasteiger partial charge in [0, 0.05) is 0 Å². The predicted octanol–water partition coefficient (Wildman–Crippen LogP) is 5.68. The quantitative estimate of drug-likeness (QED) is 0.184. The van der Waals surface area contributed by atoms with Gasteiger partial charge in [-0.15, -0.1) is 0 Å². The molecule has 1 unspecified atom stereocenters. The van der Waals surface area contributed by atoms with Gasteiger partial charge in [-0.25, -0.2) is 0 Å². The summed E-state index contributed by atoms with van der Waals surface area (Å²) in [7, 11) is -4.40. The smallest absolute Gasteiger partial charge is 0.326 e. The molecule has 1 atom stereocenters. The van der Waals surface area contributed by atoms with Gasteiger partial charge >= 0.3 is 5.97 Å². The molecule has 6 heteroatoms. The Morgan fingerprint density at radius 2 is 1.19 bits per heavy atom. The first-order valence-corrected chi connectivity index (χ1v) is 12.1. The van der Waals surface area contributed by atoms with Crippen LogP contribution in [0.25, 0.3) is 0 Å². The summed E-state index contributed by atoms with van der Waals surface area (Å²) in [6, 6.07) is 0. The van der Waals surface area contributed by atoms with Crippen LogP contribution in [0.15, 0.2) is 0 Å². The van der Waals surface area contributed by atoms with E-state index in [0.29, 0.717) is 6.42 Å². The van der Waals surface area contributed by atoms with Crippen molar-refractivity contribution in [1.29, 1.82) is 0 Å². The molecule has 5 nitrogen and oxygen atoms in total. The van der Waals surface area contributed by atoms with Crippen molar-refractivity contribution in [2.75, 3.05) is 6.61 Å². The van der Waals surface area contributed by atoms with E-state index in [2.05, 4.69) is 13.8 Å². The number of esters is 1. The van der Waals surface area contributed by atoms with Crippen LogP contribution in [-0.4, -0.2) is 30.8 Å². The van der Waals surface area contributed by atoms with Gasteiger partial charge in [0.2, 0.25) is 0 Å². The highest BCUT2D eigenvalue weighted by Crippen LogP contribution is 2.15. The van der Waals surface area contributed by atoms with Crippen molar-refractivity contribution in [3.8, 4) is 0 Å². The molecule has 0 saturated heterocycles. The van der Waals surface area contributed by atoms with Crippen LogP contribution in [0.1, 0.15) is 110 Å². The molecule has 26 heavy (non-hydrogen) atoms. The molecule has 0 bridgehead atoms. The molecule has 0 aliphatic heterocycles. The van der Waals surface area contributed by atoms with E-state index in [1.165, 1.54) is 38.5 Å². The molecule has 0 amide bonds. The fourth-order valence-corrected chi connectivity index (χ4v) is 3.78. The summed E-state index contributed by atoms with van der Waals surface area (Å²) >= 11 is 0. The molecule has 0 saturated carbocycles. The van der Waals surface area contributed by atoms with Gasteiger partial charge in [0.1, 0.15) is 0 Å². The number of rotatable bonds is 18. The van der Waals surface area contributed by atoms with Gasteiger partial charge in [-0.05, 0) is 12.8 Å². The Kier molecular flexibility index (Phi) is 16.2. The topological polar surface area (TPSA) is 80.7 Å². The highest BCUT2D eigenvalue weighted by Gasteiger charge is 2.31. The second-order valence-corrected chi connectivity index (χ2v) is 8.80. The Morgan fingerprint density at radius 1 is 0.769 bits per heavy atom. The standard InChI is InChI=1S/C20H40O5S/c1-3-5-7-9-11-12-14-16-18-25-20(21)19(26(22,23)24)17-15-13-10-8-6-4-2/h19H,3-18H2,1-2H3,(H,22,23,24). The molecular weight excluding hydrogens is 352 g/mol. The van der Waals surface area contributed by atoms with Crippen LogP contribution in [0, 0.1) is 0 Å². The number of carbonyl (C=O) groups excluding carboxylic acids is 1. The SMILES string of the molecule is CCCCCCCCCCOC(=O)C(CCCCCCCC)S(=O)(=O)O. The van der Waals surface area contributed by atoms with Crippen molar-refractivity contribution in [2.45, 2.75) is 115 Å². The summed E-state index contributed by atoms with van der Waals surface area (Å²) in [6.45, 7) is 4.56. The van der Waals surface area contributed by atoms with Crippen molar-refractivity contribution in [1.82, 2.24) is 0 Å². The molecule has 1 N–H and O–H groups in total. The van der Waals surface area contributed by atoms with Gasteiger partial charge in [-0.2, -0.15) is 8.42 Å². The number of carbonyl (C=O) groups is 1. The van der Waals surface area contributed by atoms with Crippen molar-refractivity contribution in [3.63, 3.8) is 0 Å². The van der Waals surface area contributed by atoms with Crippen molar-refractivity contribution < 1.29 is 22.5 Å². The normalized spacial score (nSPS) is 12.9. The highest BCUT2D eigenvalue weighted by molar-refractivity contribution is 7.87. The number of hydrogen-bond donors (Lipinski definition) is 1. The van der Waals surface area contributed by atoms with Crippen molar-refractivity contribution in [2.24, 2.45) is 0 Å². The minimum Gasteiger partial charge on any atom is -0.465 e. The average molecular weight is 393 g/mol. The van der Waals surface area contributed by atoms with Gasteiger partial charge in [-0.1, -0.05) is 97.3 Å². The number of hydrogen-bond acceptors (Lipinski definition) is 4. The Bertz CT molecular complexity index is 433. The van der Waals surface area contributed by atoms with E-state index >= 15 is 0 Å². The van der Waals surface area contributed by atoms with Gasteiger partial charge in [0.25, 0.3) is 10.1 Å². The molecule has 0 aliphatic rings. The van der Waals surface area contributed by atoms with Crippen LogP contribution in [0.5, 0.6) is 0 Å². The molecule has 0 rings (SSSR count). The first-order valence-electron chi connectivity index (χ1n) is 10.6. The second kappa shape index (κ2) is 16.5. The van der Waals surface area contributed by atoms with E-state index in [4.69, 9.17) is 4.74 Å². The summed E-state index contributed by atoms with van der Waals surface area (Å²) in [4.78, 5) is 12.0. The predicted molar refractivity (Wildman–Crippen MR) is 107 cm³/mol. The first kappa shape index (κ1) is 25.4. The zero-order chi connectivity index (χ0) is 19.7. The van der Waals surface area contributed by atoms with E-state index in [0.717, 1.165) is 44.9 Å². The van der Waals surface area contributed by atoms with E-state index < -0.39 is 21.3 Å². The molecule has 156 valence electrons. The Balaban J connectivity index is 3.92. The van der Waals surface area contributed by atoms with Crippen LogP contribution in [0.2, 0.25) is 0 Å². The molecule has 0 aromatic rings. The molecule has 0 aromatic heterocycles. The molecule has 0 spiro atoms. The molecule has 0 heterocycles. The highest BCUT2D eigenvalue weighted by atomic mass is 32.2. The van der Waals surface area contributed by atoms with Gasteiger partial charge in [0.15, 0.2) is 5.25 Å². The minimum absolute atomic E-state index is 0.140. The number of unbranched alkanes of at least 4 members (excludes halogenated alkanes) is 12. The van der Waals surface area contributed by atoms with E-state index in [1.807, 2.05) is 0 Å². The van der Waals surface area contributed by atoms with Crippen LogP contribution < -0.4 is 0 Å². The zero-order valence-electron chi connectivity index (χ0n) is 16.9. The van der Waals surface area contributed by atoms with Crippen LogP contribution >= 0.6 is 0 Å². The second-order valence-electron chi connectivity index (χ2n) is 7.20. The van der Waals surface area contributed by atoms with Crippen LogP contribution in [0.4, 0.5) is 0 Å². The lowest BCUT2D eigenvalue weighted by Crippen LogP contribution is -2.32. The first-order chi connectivity index (χ1) is 12.4. The van der Waals surface area contributed by atoms with Crippen LogP contribution in [-0.2, 0) is 19.6 Å². The lowest BCUT2D eigenvalue weighted by molar-refractivity contribution is -0.143. The Labute approximate surface area is 161 Å². The summed E-state index contributed by atoms with van der Waals surface area (Å²) in [5, 5.41) is -1.43.